The largest absolute Gasteiger partial charge is 0.480 e. The summed E-state index contributed by atoms with van der Waals surface area (Å²) in [6, 6.07) is 0.0170. The van der Waals surface area contributed by atoms with Crippen LogP contribution < -0.4 is 0 Å². The van der Waals surface area contributed by atoms with Gasteiger partial charge >= 0.3 is 5.97 Å². The number of carboxylic acids is 1. The molecule has 1 fully saturated rings. The van der Waals surface area contributed by atoms with E-state index < -0.39 is 35.2 Å². The molecule has 1 unspecified atom stereocenters. The van der Waals surface area contributed by atoms with Crippen molar-refractivity contribution in [3.63, 3.8) is 0 Å². The summed E-state index contributed by atoms with van der Waals surface area (Å²) in [5.41, 5.74) is -0.495. The van der Waals surface area contributed by atoms with Crippen molar-refractivity contribution in [3.05, 3.63) is 29.6 Å². The highest BCUT2D eigenvalue weighted by molar-refractivity contribution is 7.99. The van der Waals surface area contributed by atoms with Crippen molar-refractivity contribution >= 4 is 23.6 Å². The zero-order valence-electron chi connectivity index (χ0n) is 9.68. The molecule has 1 aliphatic rings. The predicted molar refractivity (Wildman–Crippen MR) is 63.9 cm³/mol. The normalized spacial score (nSPS) is 19.3. The van der Waals surface area contributed by atoms with E-state index in [2.05, 4.69) is 4.98 Å². The van der Waals surface area contributed by atoms with Crippen LogP contribution in [-0.2, 0) is 4.79 Å². The fourth-order valence-electron chi connectivity index (χ4n) is 1.79. The van der Waals surface area contributed by atoms with Gasteiger partial charge in [0.25, 0.3) is 5.91 Å². The molecule has 0 aromatic carbocycles. The van der Waals surface area contributed by atoms with Crippen molar-refractivity contribution in [1.82, 2.24) is 9.88 Å². The van der Waals surface area contributed by atoms with Crippen LogP contribution in [-0.4, -0.2) is 51.0 Å². The Hall–Kier alpha value is -1.70. The van der Waals surface area contributed by atoms with Gasteiger partial charge < -0.3 is 10.0 Å². The second-order valence-corrected chi connectivity index (χ2v) is 5.04. The number of amides is 1. The third-order valence-electron chi connectivity index (χ3n) is 2.75. The number of carboxylic acid groups (broad SMARTS) is 1. The highest BCUT2D eigenvalue weighted by atomic mass is 32.2. The van der Waals surface area contributed by atoms with Crippen LogP contribution >= 0.6 is 11.8 Å². The molecule has 19 heavy (non-hydrogen) atoms. The topological polar surface area (TPSA) is 70.5 Å². The van der Waals surface area contributed by atoms with Gasteiger partial charge in [0.2, 0.25) is 5.95 Å². The van der Waals surface area contributed by atoms with Gasteiger partial charge in [-0.1, -0.05) is 0 Å². The van der Waals surface area contributed by atoms with Crippen LogP contribution in [0.2, 0.25) is 0 Å². The Bertz CT molecular complexity index is 527. The quantitative estimate of drug-likeness (QED) is 0.822. The van der Waals surface area contributed by atoms with Gasteiger partial charge in [0.1, 0.15) is 6.04 Å². The Morgan fingerprint density at radius 3 is 2.89 bits per heavy atom. The number of hydrogen-bond donors (Lipinski definition) is 1. The van der Waals surface area contributed by atoms with Crippen LogP contribution in [0.25, 0.3) is 0 Å². The van der Waals surface area contributed by atoms with Crippen LogP contribution in [0.3, 0.4) is 0 Å². The molecule has 1 aliphatic heterocycles. The molecular formula is C11H10F2N2O3S. The lowest BCUT2D eigenvalue weighted by Crippen LogP contribution is -2.50. The maximum atomic E-state index is 13.5. The Morgan fingerprint density at radius 1 is 1.47 bits per heavy atom. The van der Waals surface area contributed by atoms with Crippen molar-refractivity contribution in [2.45, 2.75) is 6.04 Å². The molecule has 2 rings (SSSR count). The van der Waals surface area contributed by atoms with E-state index in [1.807, 2.05) is 0 Å². The van der Waals surface area contributed by atoms with Gasteiger partial charge in [-0.05, 0) is 6.07 Å². The van der Waals surface area contributed by atoms with E-state index in [0.717, 1.165) is 17.2 Å². The lowest BCUT2D eigenvalue weighted by molar-refractivity contribution is -0.141. The lowest BCUT2D eigenvalue weighted by Gasteiger charge is -2.32. The van der Waals surface area contributed by atoms with Crippen LogP contribution in [0.4, 0.5) is 8.78 Å². The Morgan fingerprint density at radius 2 is 2.21 bits per heavy atom. The third kappa shape index (κ3) is 2.67. The molecule has 1 amide bonds. The number of carbonyl (C=O) groups is 2. The average molecular weight is 288 g/mol. The molecular weight excluding hydrogens is 278 g/mol. The first kappa shape index (κ1) is 13.7. The van der Waals surface area contributed by atoms with Gasteiger partial charge in [-0.3, -0.25) is 4.79 Å². The first-order valence-electron chi connectivity index (χ1n) is 5.44. The van der Waals surface area contributed by atoms with Crippen molar-refractivity contribution in [3.8, 4) is 0 Å². The first-order valence-corrected chi connectivity index (χ1v) is 6.59. The molecule has 1 aromatic heterocycles. The summed E-state index contributed by atoms with van der Waals surface area (Å²) in [5.74, 6) is -3.91. The molecule has 1 aromatic rings. The standard InChI is InChI=1S/C11H10F2N2O3S/c12-8-6(1-2-14-9(8)13)10(16)15-3-4-19-5-7(15)11(17)18/h1-2,7H,3-5H2,(H,17,18). The Balaban J connectivity index is 2.31. The summed E-state index contributed by atoms with van der Waals surface area (Å²) in [6.45, 7) is 0.184. The molecule has 0 spiro atoms. The number of aliphatic carboxylic acids is 1. The number of rotatable bonds is 2. The Kier molecular flexibility index (Phi) is 3.98. The summed E-state index contributed by atoms with van der Waals surface area (Å²) in [7, 11) is 0. The first-order chi connectivity index (χ1) is 9.02. The van der Waals surface area contributed by atoms with Crippen molar-refractivity contribution in [2.24, 2.45) is 0 Å². The van der Waals surface area contributed by atoms with E-state index in [4.69, 9.17) is 5.11 Å². The smallest absolute Gasteiger partial charge is 0.327 e. The number of thioether (sulfide) groups is 1. The van der Waals surface area contributed by atoms with E-state index in [-0.39, 0.29) is 12.3 Å². The number of nitrogens with zero attached hydrogens (tertiary/aromatic N) is 2. The van der Waals surface area contributed by atoms with E-state index in [1.165, 1.54) is 11.8 Å². The van der Waals surface area contributed by atoms with Gasteiger partial charge in [-0.2, -0.15) is 16.2 Å². The summed E-state index contributed by atoms with van der Waals surface area (Å²) < 4.78 is 26.5. The van der Waals surface area contributed by atoms with Crippen LogP contribution in [0.1, 0.15) is 10.4 Å². The minimum Gasteiger partial charge on any atom is -0.480 e. The monoisotopic (exact) mass is 288 g/mol. The second kappa shape index (κ2) is 5.52. The lowest BCUT2D eigenvalue weighted by atomic mass is 10.2. The maximum Gasteiger partial charge on any atom is 0.327 e. The van der Waals surface area contributed by atoms with E-state index >= 15 is 0 Å². The molecule has 0 saturated carbocycles. The van der Waals surface area contributed by atoms with E-state index in [9.17, 15) is 18.4 Å². The van der Waals surface area contributed by atoms with Crippen molar-refractivity contribution in [1.29, 1.82) is 0 Å². The molecule has 0 radical (unpaired) electrons. The third-order valence-corrected chi connectivity index (χ3v) is 3.77. The highest BCUT2D eigenvalue weighted by Crippen LogP contribution is 2.20. The summed E-state index contributed by atoms with van der Waals surface area (Å²) in [4.78, 5) is 27.3. The maximum absolute atomic E-state index is 13.5. The fraction of sp³-hybridized carbons (Fsp3) is 0.364. The van der Waals surface area contributed by atoms with Crippen LogP contribution in [0.15, 0.2) is 12.3 Å². The predicted octanol–water partition coefficient (Wildman–Crippen LogP) is 1.00. The summed E-state index contributed by atoms with van der Waals surface area (Å²) in [5, 5.41) is 9.04. The van der Waals surface area contributed by atoms with Gasteiger partial charge in [0.15, 0.2) is 5.82 Å². The summed E-state index contributed by atoms with van der Waals surface area (Å²) in [6.07, 6.45) is 0.972. The van der Waals surface area contributed by atoms with Crippen molar-refractivity contribution in [2.75, 3.05) is 18.1 Å². The molecule has 1 saturated heterocycles. The number of aromatic nitrogens is 1. The van der Waals surface area contributed by atoms with Gasteiger partial charge in [0.05, 0.1) is 5.56 Å². The molecule has 5 nitrogen and oxygen atoms in total. The molecule has 102 valence electrons. The SMILES string of the molecule is O=C(O)C1CSCCN1C(=O)c1ccnc(F)c1F. The number of halogens is 2. The van der Waals surface area contributed by atoms with Crippen molar-refractivity contribution < 1.29 is 23.5 Å². The minimum atomic E-state index is -1.37. The van der Waals surface area contributed by atoms with E-state index in [0.29, 0.717) is 5.75 Å². The highest BCUT2D eigenvalue weighted by Gasteiger charge is 2.34. The number of carbonyl (C=O) groups excluding carboxylic acids is 1. The Labute approximate surface area is 111 Å². The number of pyridine rings is 1. The average Bonchev–Trinajstić information content (AvgIpc) is 2.41. The molecule has 0 aliphatic carbocycles. The molecule has 8 heteroatoms. The minimum absolute atomic E-state index is 0.184. The van der Waals surface area contributed by atoms with Gasteiger partial charge in [-0.25, -0.2) is 14.2 Å². The molecule has 1 atom stereocenters. The molecule has 1 N–H and O–H groups in total. The van der Waals surface area contributed by atoms with Gasteiger partial charge in [-0.15, -0.1) is 0 Å². The second-order valence-electron chi connectivity index (χ2n) is 3.89. The van der Waals surface area contributed by atoms with Crippen LogP contribution in [0.5, 0.6) is 0 Å². The van der Waals surface area contributed by atoms with E-state index in [1.54, 1.807) is 0 Å². The summed E-state index contributed by atoms with van der Waals surface area (Å²) >= 11 is 1.40. The molecule has 0 bridgehead atoms. The van der Waals surface area contributed by atoms with Gasteiger partial charge in [0, 0.05) is 24.2 Å². The van der Waals surface area contributed by atoms with Crippen LogP contribution in [0, 0.1) is 11.8 Å². The zero-order chi connectivity index (χ0) is 14.0. The number of hydrogen-bond acceptors (Lipinski definition) is 4. The fourth-order valence-corrected chi connectivity index (χ4v) is 2.83. The zero-order valence-corrected chi connectivity index (χ0v) is 10.5. The molecule has 2 heterocycles.